The Bertz CT molecular complexity index is 707. The molecule has 2 heterocycles. The first-order valence-corrected chi connectivity index (χ1v) is 10.4. The average molecular weight is 549 g/mol. The van der Waals surface area contributed by atoms with E-state index < -0.39 is 0 Å². The minimum absolute atomic E-state index is 0. The number of carbonyl (C=O) groups is 1. The number of amides is 1. The number of ether oxygens (including phenoxy) is 2. The Kier molecular flexibility index (Phi) is 10.9. The van der Waals surface area contributed by atoms with Crippen molar-refractivity contribution in [1.82, 2.24) is 20.0 Å². The first-order chi connectivity index (χ1) is 14.6. The van der Waals surface area contributed by atoms with Gasteiger partial charge in [0.15, 0.2) is 5.96 Å². The van der Waals surface area contributed by atoms with Crippen molar-refractivity contribution in [3.05, 3.63) is 35.6 Å². The van der Waals surface area contributed by atoms with Gasteiger partial charge in [0.25, 0.3) is 0 Å². The fraction of sp³-hybridized carbons (Fsp3) is 0.619. The molecule has 1 aromatic carbocycles. The van der Waals surface area contributed by atoms with E-state index in [0.717, 1.165) is 37.7 Å². The number of halogens is 2. The van der Waals surface area contributed by atoms with E-state index in [1.807, 2.05) is 4.90 Å². The minimum Gasteiger partial charge on any atom is -0.378 e. The Morgan fingerprint density at radius 1 is 1.13 bits per heavy atom. The van der Waals surface area contributed by atoms with Gasteiger partial charge in [0.05, 0.1) is 25.9 Å². The number of nitrogens with zero attached hydrogens (tertiary/aromatic N) is 4. The standard InChI is InChI=1S/C21H32FN5O3.HI/c1-23-21(24-15-19(29-2)17-3-5-18(22)6-4-17)27-9-7-25(8-10-27)16-20(28)26-11-13-30-14-12-26;/h3-6,19H,7-16H2,1-2H3,(H,23,24);1H. The number of morpholine rings is 1. The summed E-state index contributed by atoms with van der Waals surface area (Å²) in [7, 11) is 3.40. The number of nitrogens with one attached hydrogen (secondary N) is 1. The zero-order valence-electron chi connectivity index (χ0n) is 18.3. The molecule has 0 aromatic heterocycles. The SMILES string of the molecule is CN=C(NCC(OC)c1ccc(F)cc1)N1CCN(CC(=O)N2CCOCC2)CC1.I. The van der Waals surface area contributed by atoms with Crippen LogP contribution < -0.4 is 5.32 Å². The van der Waals surface area contributed by atoms with Gasteiger partial charge >= 0.3 is 0 Å². The van der Waals surface area contributed by atoms with Crippen LogP contribution >= 0.6 is 24.0 Å². The van der Waals surface area contributed by atoms with Crippen LogP contribution in [0.4, 0.5) is 4.39 Å². The highest BCUT2D eigenvalue weighted by molar-refractivity contribution is 14.0. The van der Waals surface area contributed by atoms with Crippen molar-refractivity contribution in [2.45, 2.75) is 6.10 Å². The summed E-state index contributed by atoms with van der Waals surface area (Å²) in [5.74, 6) is 0.720. The molecule has 0 radical (unpaired) electrons. The van der Waals surface area contributed by atoms with Gasteiger partial charge in [-0.3, -0.25) is 14.7 Å². The molecular formula is C21H33FIN5O3. The summed E-state index contributed by atoms with van der Waals surface area (Å²) in [4.78, 5) is 23.1. The number of hydrogen-bond acceptors (Lipinski definition) is 5. The topological polar surface area (TPSA) is 69.6 Å². The second kappa shape index (κ2) is 13.1. The van der Waals surface area contributed by atoms with E-state index in [0.29, 0.717) is 39.4 Å². The maximum atomic E-state index is 13.2. The van der Waals surface area contributed by atoms with E-state index >= 15 is 0 Å². The molecule has 0 aliphatic carbocycles. The van der Waals surface area contributed by atoms with Gasteiger partial charge in [0.2, 0.25) is 5.91 Å². The van der Waals surface area contributed by atoms with E-state index in [4.69, 9.17) is 9.47 Å². The van der Waals surface area contributed by atoms with Crippen LogP contribution in [0.3, 0.4) is 0 Å². The van der Waals surface area contributed by atoms with Gasteiger partial charge in [-0.1, -0.05) is 12.1 Å². The molecule has 10 heteroatoms. The molecule has 1 atom stereocenters. The second-order valence-electron chi connectivity index (χ2n) is 7.46. The lowest BCUT2D eigenvalue weighted by Gasteiger charge is -2.37. The fourth-order valence-corrected chi connectivity index (χ4v) is 3.75. The highest BCUT2D eigenvalue weighted by Crippen LogP contribution is 2.16. The maximum Gasteiger partial charge on any atom is 0.236 e. The molecule has 31 heavy (non-hydrogen) atoms. The Morgan fingerprint density at radius 2 is 1.77 bits per heavy atom. The number of methoxy groups -OCH3 is 1. The third kappa shape index (κ3) is 7.55. The molecule has 2 fully saturated rings. The van der Waals surface area contributed by atoms with E-state index in [2.05, 4.69) is 20.1 Å². The van der Waals surface area contributed by atoms with E-state index in [1.165, 1.54) is 12.1 Å². The van der Waals surface area contributed by atoms with Crippen molar-refractivity contribution in [1.29, 1.82) is 0 Å². The molecule has 174 valence electrons. The summed E-state index contributed by atoms with van der Waals surface area (Å²) in [6.07, 6.45) is -0.199. The number of rotatable bonds is 6. The number of guanidine groups is 1. The van der Waals surface area contributed by atoms with Crippen molar-refractivity contribution in [2.24, 2.45) is 4.99 Å². The summed E-state index contributed by atoms with van der Waals surface area (Å²) in [6.45, 7) is 6.82. The average Bonchev–Trinajstić information content (AvgIpc) is 2.79. The molecule has 1 aromatic rings. The second-order valence-corrected chi connectivity index (χ2v) is 7.46. The zero-order valence-corrected chi connectivity index (χ0v) is 20.6. The first kappa shape index (κ1) is 25.8. The highest BCUT2D eigenvalue weighted by atomic mass is 127. The van der Waals surface area contributed by atoms with Crippen molar-refractivity contribution in [3.8, 4) is 0 Å². The van der Waals surface area contributed by atoms with Gasteiger partial charge < -0.3 is 24.6 Å². The van der Waals surface area contributed by atoms with Crippen LogP contribution in [-0.4, -0.2) is 106 Å². The van der Waals surface area contributed by atoms with Crippen LogP contribution in [0, 0.1) is 5.82 Å². The Hall–Kier alpha value is -1.50. The minimum atomic E-state index is -0.262. The van der Waals surface area contributed by atoms with Gasteiger partial charge in [0, 0.05) is 60.0 Å². The van der Waals surface area contributed by atoms with Crippen LogP contribution in [0.1, 0.15) is 11.7 Å². The monoisotopic (exact) mass is 549 g/mol. The van der Waals surface area contributed by atoms with Crippen molar-refractivity contribution in [2.75, 3.05) is 79.7 Å². The molecule has 2 aliphatic heterocycles. The van der Waals surface area contributed by atoms with Crippen LogP contribution in [0.5, 0.6) is 0 Å². The molecular weight excluding hydrogens is 516 g/mol. The van der Waals surface area contributed by atoms with Crippen LogP contribution in [0.25, 0.3) is 0 Å². The largest absolute Gasteiger partial charge is 0.378 e. The lowest BCUT2D eigenvalue weighted by Crippen LogP contribution is -2.55. The van der Waals surface area contributed by atoms with E-state index in [-0.39, 0.29) is 41.8 Å². The van der Waals surface area contributed by atoms with Gasteiger partial charge in [-0.05, 0) is 17.7 Å². The zero-order chi connectivity index (χ0) is 21.3. The number of piperazine rings is 1. The molecule has 2 saturated heterocycles. The van der Waals surface area contributed by atoms with Gasteiger partial charge in [-0.25, -0.2) is 4.39 Å². The van der Waals surface area contributed by atoms with Gasteiger partial charge in [-0.2, -0.15) is 0 Å². The van der Waals surface area contributed by atoms with Crippen LogP contribution in [-0.2, 0) is 14.3 Å². The molecule has 1 unspecified atom stereocenters. The molecule has 0 saturated carbocycles. The molecule has 2 aliphatic rings. The molecule has 0 spiro atoms. The van der Waals surface area contributed by atoms with Crippen LogP contribution in [0.2, 0.25) is 0 Å². The molecule has 1 amide bonds. The van der Waals surface area contributed by atoms with Crippen LogP contribution in [0.15, 0.2) is 29.3 Å². The number of hydrogen-bond donors (Lipinski definition) is 1. The normalized spacial score (nSPS) is 19.0. The molecule has 8 nitrogen and oxygen atoms in total. The Morgan fingerprint density at radius 3 is 2.35 bits per heavy atom. The predicted octanol–water partition coefficient (Wildman–Crippen LogP) is 1.18. The molecule has 0 bridgehead atoms. The summed E-state index contributed by atoms with van der Waals surface area (Å²) < 4.78 is 24.0. The summed E-state index contributed by atoms with van der Waals surface area (Å²) in [5.41, 5.74) is 0.910. The number of carbonyl (C=O) groups excluding carboxylic acids is 1. The molecule has 3 rings (SSSR count). The first-order valence-electron chi connectivity index (χ1n) is 10.4. The lowest BCUT2D eigenvalue weighted by molar-refractivity contribution is -0.136. The number of benzene rings is 1. The fourth-order valence-electron chi connectivity index (χ4n) is 3.75. The van der Waals surface area contributed by atoms with E-state index in [9.17, 15) is 9.18 Å². The van der Waals surface area contributed by atoms with Crippen molar-refractivity contribution >= 4 is 35.8 Å². The Balaban J connectivity index is 0.00000341. The highest BCUT2D eigenvalue weighted by Gasteiger charge is 2.24. The molecule has 1 N–H and O–H groups in total. The lowest BCUT2D eigenvalue weighted by atomic mass is 10.1. The maximum absolute atomic E-state index is 13.2. The summed E-state index contributed by atoms with van der Waals surface area (Å²) in [6, 6.07) is 6.34. The summed E-state index contributed by atoms with van der Waals surface area (Å²) in [5, 5.41) is 3.36. The van der Waals surface area contributed by atoms with Crippen molar-refractivity contribution < 1.29 is 18.7 Å². The summed E-state index contributed by atoms with van der Waals surface area (Å²) >= 11 is 0. The quantitative estimate of drug-likeness (QED) is 0.327. The van der Waals surface area contributed by atoms with Gasteiger partial charge in [0.1, 0.15) is 5.82 Å². The third-order valence-corrected chi connectivity index (χ3v) is 5.58. The van der Waals surface area contributed by atoms with E-state index in [1.54, 1.807) is 26.3 Å². The predicted molar refractivity (Wildman–Crippen MR) is 128 cm³/mol. The number of aliphatic imine (C=N–C) groups is 1. The Labute approximate surface area is 200 Å². The van der Waals surface area contributed by atoms with Crippen molar-refractivity contribution in [3.63, 3.8) is 0 Å². The van der Waals surface area contributed by atoms with Gasteiger partial charge in [-0.15, -0.1) is 24.0 Å². The third-order valence-electron chi connectivity index (χ3n) is 5.58. The smallest absolute Gasteiger partial charge is 0.236 e.